The minimum Gasteiger partial charge on any atom is -0.329 e. The van der Waals surface area contributed by atoms with Crippen LogP contribution >= 0.6 is 11.6 Å². The second-order valence-electron chi connectivity index (χ2n) is 4.38. The van der Waals surface area contributed by atoms with Crippen molar-refractivity contribution in [3.05, 3.63) is 34.3 Å². The number of nitrogens with zero attached hydrogens (tertiary/aromatic N) is 1. The van der Waals surface area contributed by atoms with Gasteiger partial charge in [0.25, 0.3) is 0 Å². The smallest absolute Gasteiger partial charge is 0.0472 e. The lowest BCUT2D eigenvalue weighted by Gasteiger charge is -2.31. The van der Waals surface area contributed by atoms with Crippen LogP contribution in [0.25, 0.3) is 0 Å². The van der Waals surface area contributed by atoms with Gasteiger partial charge in [0.15, 0.2) is 0 Å². The van der Waals surface area contributed by atoms with E-state index in [2.05, 4.69) is 31.7 Å². The molecule has 1 atom stereocenters. The summed E-state index contributed by atoms with van der Waals surface area (Å²) in [4.78, 5) is 2.43. The van der Waals surface area contributed by atoms with Gasteiger partial charge in [-0.05, 0) is 49.7 Å². The number of benzene rings is 1. The number of nitrogens with two attached hydrogens (primary N) is 1. The molecule has 0 radical (unpaired) electrons. The van der Waals surface area contributed by atoms with Gasteiger partial charge < -0.3 is 5.73 Å². The van der Waals surface area contributed by atoms with Crippen molar-refractivity contribution in [3.63, 3.8) is 0 Å². The zero-order chi connectivity index (χ0) is 12.8. The molecule has 0 aliphatic carbocycles. The van der Waals surface area contributed by atoms with Crippen LogP contribution < -0.4 is 5.73 Å². The Labute approximate surface area is 110 Å². The highest BCUT2D eigenvalue weighted by Gasteiger charge is 2.18. The zero-order valence-electron chi connectivity index (χ0n) is 11.0. The second kappa shape index (κ2) is 7.00. The van der Waals surface area contributed by atoms with E-state index >= 15 is 0 Å². The number of rotatable bonds is 6. The van der Waals surface area contributed by atoms with Crippen LogP contribution in [0.3, 0.4) is 0 Å². The Kier molecular flexibility index (Phi) is 5.96. The van der Waals surface area contributed by atoms with Crippen molar-refractivity contribution in [3.8, 4) is 0 Å². The summed E-state index contributed by atoms with van der Waals surface area (Å²) < 4.78 is 0. The van der Waals surface area contributed by atoms with Crippen molar-refractivity contribution in [1.29, 1.82) is 0 Å². The Hall–Kier alpha value is -0.570. The van der Waals surface area contributed by atoms with Gasteiger partial charge in [0, 0.05) is 17.6 Å². The minimum absolute atomic E-state index is 0.303. The largest absolute Gasteiger partial charge is 0.329 e. The molecule has 0 aromatic heterocycles. The van der Waals surface area contributed by atoms with Crippen LogP contribution in [0.2, 0.25) is 5.02 Å². The van der Waals surface area contributed by atoms with Crippen LogP contribution in [0, 0.1) is 6.92 Å². The van der Waals surface area contributed by atoms with Crippen molar-refractivity contribution < 1.29 is 0 Å². The maximum atomic E-state index is 5.99. The van der Waals surface area contributed by atoms with Gasteiger partial charge in [-0.3, -0.25) is 4.90 Å². The summed E-state index contributed by atoms with van der Waals surface area (Å²) in [5.41, 5.74) is 8.47. The fourth-order valence-electron chi connectivity index (χ4n) is 2.31. The molecule has 0 amide bonds. The molecule has 1 aromatic rings. The fourth-order valence-corrected chi connectivity index (χ4v) is 2.53. The minimum atomic E-state index is 0.303. The van der Waals surface area contributed by atoms with Gasteiger partial charge >= 0.3 is 0 Å². The number of likely N-dealkylation sites (N-methyl/N-ethyl adjacent to an activating group) is 1. The average molecular weight is 255 g/mol. The molecule has 2 nitrogen and oxygen atoms in total. The third kappa shape index (κ3) is 3.70. The zero-order valence-corrected chi connectivity index (χ0v) is 11.8. The lowest BCUT2D eigenvalue weighted by molar-refractivity contribution is 0.212. The normalized spacial score (nSPS) is 13.1. The molecule has 0 aliphatic heterocycles. The van der Waals surface area contributed by atoms with Crippen LogP contribution in [-0.4, -0.2) is 24.5 Å². The lowest BCUT2D eigenvalue weighted by atomic mass is 9.99. The van der Waals surface area contributed by atoms with E-state index in [9.17, 15) is 0 Å². The first-order valence-electron chi connectivity index (χ1n) is 6.34. The molecular formula is C14H23ClN2. The van der Waals surface area contributed by atoms with Crippen LogP contribution in [0.5, 0.6) is 0 Å². The number of halogens is 1. The van der Waals surface area contributed by atoms with E-state index in [4.69, 9.17) is 17.3 Å². The first kappa shape index (κ1) is 14.5. The van der Waals surface area contributed by atoms with Crippen LogP contribution in [0.15, 0.2) is 18.2 Å². The first-order valence-corrected chi connectivity index (χ1v) is 6.72. The number of aryl methyl sites for hydroxylation is 1. The molecule has 0 bridgehead atoms. The van der Waals surface area contributed by atoms with Crippen LogP contribution in [0.4, 0.5) is 0 Å². The van der Waals surface area contributed by atoms with Crippen molar-refractivity contribution in [1.82, 2.24) is 4.90 Å². The predicted molar refractivity (Wildman–Crippen MR) is 75.5 cm³/mol. The summed E-state index contributed by atoms with van der Waals surface area (Å²) in [5.74, 6) is 0. The van der Waals surface area contributed by atoms with Crippen molar-refractivity contribution in [2.75, 3.05) is 19.6 Å². The van der Waals surface area contributed by atoms with Crippen molar-refractivity contribution in [2.24, 2.45) is 5.73 Å². The van der Waals surface area contributed by atoms with Gasteiger partial charge in [0.05, 0.1) is 0 Å². The molecule has 3 heteroatoms. The molecule has 0 spiro atoms. The Morgan fingerprint density at radius 1 is 1.35 bits per heavy atom. The van der Waals surface area contributed by atoms with Gasteiger partial charge in [-0.1, -0.05) is 31.5 Å². The number of hydrogen-bond donors (Lipinski definition) is 1. The van der Waals surface area contributed by atoms with E-state index < -0.39 is 0 Å². The Morgan fingerprint density at radius 3 is 2.53 bits per heavy atom. The molecular weight excluding hydrogens is 232 g/mol. The Balaban J connectivity index is 2.99. The third-order valence-corrected chi connectivity index (χ3v) is 3.41. The van der Waals surface area contributed by atoms with Gasteiger partial charge in [0.1, 0.15) is 0 Å². The summed E-state index contributed by atoms with van der Waals surface area (Å²) in [6, 6.07) is 6.37. The monoisotopic (exact) mass is 254 g/mol. The Bertz CT molecular complexity index is 352. The molecule has 2 N–H and O–H groups in total. The van der Waals surface area contributed by atoms with E-state index in [-0.39, 0.29) is 0 Å². The van der Waals surface area contributed by atoms with Crippen molar-refractivity contribution in [2.45, 2.75) is 33.2 Å². The molecule has 96 valence electrons. The molecule has 1 unspecified atom stereocenters. The molecule has 17 heavy (non-hydrogen) atoms. The van der Waals surface area contributed by atoms with Gasteiger partial charge in [-0.2, -0.15) is 0 Å². The topological polar surface area (TPSA) is 29.3 Å². The molecule has 1 rings (SSSR count). The molecule has 0 aliphatic rings. The van der Waals surface area contributed by atoms with Crippen LogP contribution in [-0.2, 0) is 0 Å². The lowest BCUT2D eigenvalue weighted by Crippen LogP contribution is -2.34. The van der Waals surface area contributed by atoms with Gasteiger partial charge in [0.2, 0.25) is 0 Å². The summed E-state index contributed by atoms with van der Waals surface area (Å²) in [5, 5.41) is 0.792. The average Bonchev–Trinajstić information content (AvgIpc) is 2.31. The van der Waals surface area contributed by atoms with Crippen molar-refractivity contribution >= 4 is 11.6 Å². The second-order valence-corrected chi connectivity index (χ2v) is 4.82. The fraction of sp³-hybridized carbons (Fsp3) is 0.571. The number of hydrogen-bond acceptors (Lipinski definition) is 2. The summed E-state index contributed by atoms with van der Waals surface area (Å²) in [6.07, 6.45) is 1.15. The van der Waals surface area contributed by atoms with Gasteiger partial charge in [-0.25, -0.2) is 0 Å². The molecule has 0 saturated heterocycles. The highest BCUT2D eigenvalue weighted by molar-refractivity contribution is 6.30. The SMILES string of the molecule is CCCN(CC)C(CN)c1ccc(Cl)cc1C. The summed E-state index contributed by atoms with van der Waals surface area (Å²) in [6.45, 7) is 9.24. The molecule has 0 saturated carbocycles. The van der Waals surface area contributed by atoms with E-state index in [1.54, 1.807) is 0 Å². The molecule has 0 fully saturated rings. The third-order valence-electron chi connectivity index (χ3n) is 3.17. The molecule has 0 heterocycles. The van der Waals surface area contributed by atoms with E-state index in [0.717, 1.165) is 24.5 Å². The molecule has 1 aromatic carbocycles. The Morgan fingerprint density at radius 2 is 2.06 bits per heavy atom. The maximum absolute atomic E-state index is 5.99. The van der Waals surface area contributed by atoms with Gasteiger partial charge in [-0.15, -0.1) is 0 Å². The summed E-state index contributed by atoms with van der Waals surface area (Å²) >= 11 is 5.99. The summed E-state index contributed by atoms with van der Waals surface area (Å²) in [7, 11) is 0. The van der Waals surface area contributed by atoms with E-state index in [1.807, 2.05) is 12.1 Å². The standard InChI is InChI=1S/C14H23ClN2/c1-4-8-17(5-2)14(10-16)13-7-6-12(15)9-11(13)3/h6-7,9,14H,4-5,8,10,16H2,1-3H3. The first-order chi connectivity index (χ1) is 8.13. The van der Waals surface area contributed by atoms with Crippen LogP contribution in [0.1, 0.15) is 37.4 Å². The van der Waals surface area contributed by atoms with E-state index in [1.165, 1.54) is 11.1 Å². The highest BCUT2D eigenvalue weighted by atomic mass is 35.5. The predicted octanol–water partition coefficient (Wildman–Crippen LogP) is 3.38. The maximum Gasteiger partial charge on any atom is 0.0472 e. The quantitative estimate of drug-likeness (QED) is 0.843. The van der Waals surface area contributed by atoms with E-state index in [0.29, 0.717) is 12.6 Å². The highest BCUT2D eigenvalue weighted by Crippen LogP contribution is 2.25.